The third-order valence-corrected chi connectivity index (χ3v) is 1.45. The molecule has 0 unspecified atom stereocenters. The Morgan fingerprint density at radius 3 is 2.17 bits per heavy atom. The third kappa shape index (κ3) is 5.47. The summed E-state index contributed by atoms with van der Waals surface area (Å²) in [7, 11) is 0. The van der Waals surface area contributed by atoms with E-state index < -0.39 is 5.97 Å². The van der Waals surface area contributed by atoms with Gasteiger partial charge < -0.3 is 5.11 Å². The molecule has 0 heterocycles. The molecule has 0 aromatic carbocycles. The predicted molar refractivity (Wildman–Crippen MR) is 49.9 cm³/mol. The first-order valence-corrected chi connectivity index (χ1v) is 3.83. The van der Waals surface area contributed by atoms with Crippen LogP contribution in [0.3, 0.4) is 0 Å². The van der Waals surface area contributed by atoms with Crippen LogP contribution >= 0.6 is 0 Å². The van der Waals surface area contributed by atoms with Crippen LogP contribution in [0.25, 0.3) is 0 Å². The summed E-state index contributed by atoms with van der Waals surface area (Å²) in [6, 6.07) is 0. The van der Waals surface area contributed by atoms with Gasteiger partial charge in [-0.25, -0.2) is 4.79 Å². The number of hydrogen-bond donors (Lipinski definition) is 1. The van der Waals surface area contributed by atoms with Crippen LogP contribution in [0.5, 0.6) is 0 Å². The lowest BCUT2D eigenvalue weighted by Gasteiger charge is -2.04. The molecular weight excluding hydrogens is 152 g/mol. The minimum atomic E-state index is -0.909. The third-order valence-electron chi connectivity index (χ3n) is 1.45. The van der Waals surface area contributed by atoms with Crippen molar-refractivity contribution >= 4 is 5.97 Å². The molecule has 0 rings (SSSR count). The van der Waals surface area contributed by atoms with E-state index in [2.05, 4.69) is 13.2 Å². The van der Waals surface area contributed by atoms with Gasteiger partial charge in [0.25, 0.3) is 0 Å². The maximum atomic E-state index is 10.2. The predicted octanol–water partition coefficient (Wildman–Crippen LogP) is 2.40. The molecule has 0 saturated heterocycles. The average Bonchev–Trinajstić information content (AvgIpc) is 2.01. The van der Waals surface area contributed by atoms with E-state index in [1.165, 1.54) is 0 Å². The van der Waals surface area contributed by atoms with E-state index in [4.69, 9.17) is 5.11 Å². The molecule has 0 aromatic heterocycles. The number of aliphatic carboxylic acids is 1. The zero-order valence-electron chi connectivity index (χ0n) is 7.07. The first-order valence-electron chi connectivity index (χ1n) is 3.83. The summed E-state index contributed by atoms with van der Waals surface area (Å²) >= 11 is 0. The number of rotatable bonds is 6. The summed E-state index contributed by atoms with van der Waals surface area (Å²) in [4.78, 5) is 10.2. The van der Waals surface area contributed by atoms with Gasteiger partial charge in [-0.2, -0.15) is 0 Å². The molecular formula is C10H14O2. The van der Waals surface area contributed by atoms with E-state index in [-0.39, 0.29) is 5.92 Å². The van der Waals surface area contributed by atoms with E-state index in [0.717, 1.165) is 18.9 Å². The summed E-state index contributed by atoms with van der Waals surface area (Å²) in [5, 5.41) is 8.36. The van der Waals surface area contributed by atoms with Gasteiger partial charge >= 0.3 is 5.97 Å². The quantitative estimate of drug-likeness (QED) is 0.486. The van der Waals surface area contributed by atoms with Crippen molar-refractivity contribution in [3.8, 4) is 0 Å². The van der Waals surface area contributed by atoms with Gasteiger partial charge in [0.05, 0.1) is 0 Å². The fourth-order valence-corrected chi connectivity index (χ4v) is 0.900. The van der Waals surface area contributed by atoms with Gasteiger partial charge in [0.2, 0.25) is 0 Å². The smallest absolute Gasteiger partial charge is 0.327 e. The van der Waals surface area contributed by atoms with Crippen molar-refractivity contribution in [2.75, 3.05) is 0 Å². The molecule has 12 heavy (non-hydrogen) atoms. The zero-order valence-corrected chi connectivity index (χ0v) is 7.07. The number of carbonyl (C=O) groups is 1. The molecule has 0 aliphatic carbocycles. The molecule has 0 bridgehead atoms. The normalized spacial score (nSPS) is 10.4. The van der Waals surface area contributed by atoms with Crippen LogP contribution in [0.1, 0.15) is 12.8 Å². The zero-order chi connectivity index (χ0) is 9.40. The van der Waals surface area contributed by atoms with E-state index in [9.17, 15) is 4.79 Å². The van der Waals surface area contributed by atoms with Gasteiger partial charge in [-0.1, -0.05) is 18.2 Å². The molecule has 0 aliphatic rings. The van der Waals surface area contributed by atoms with Crippen LogP contribution in [0.2, 0.25) is 0 Å². The Kier molecular flexibility index (Phi) is 5.70. The minimum absolute atomic E-state index is 0.219. The lowest BCUT2D eigenvalue weighted by molar-refractivity contribution is -0.131. The van der Waals surface area contributed by atoms with Crippen molar-refractivity contribution in [3.05, 3.63) is 37.5 Å². The van der Waals surface area contributed by atoms with Gasteiger partial charge in [0.1, 0.15) is 0 Å². The van der Waals surface area contributed by atoms with E-state index in [1.54, 1.807) is 18.2 Å². The minimum Gasteiger partial charge on any atom is -0.478 e. The van der Waals surface area contributed by atoms with Crippen molar-refractivity contribution in [3.63, 3.8) is 0 Å². The van der Waals surface area contributed by atoms with Crippen molar-refractivity contribution in [1.82, 2.24) is 0 Å². The molecule has 0 aromatic rings. The average molecular weight is 166 g/mol. The Morgan fingerprint density at radius 2 is 1.83 bits per heavy atom. The fraction of sp³-hybridized carbons (Fsp3) is 0.300. The number of carboxylic acids is 1. The molecule has 2 nitrogen and oxygen atoms in total. The summed E-state index contributed by atoms with van der Waals surface area (Å²) in [6.07, 6.45) is 7.97. The Balaban J connectivity index is 4.00. The summed E-state index contributed by atoms with van der Waals surface area (Å²) in [5.41, 5.74) is 0. The van der Waals surface area contributed by atoms with Crippen molar-refractivity contribution < 1.29 is 9.90 Å². The maximum absolute atomic E-state index is 10.2. The monoisotopic (exact) mass is 166 g/mol. The maximum Gasteiger partial charge on any atom is 0.327 e. The first-order chi connectivity index (χ1) is 5.70. The molecule has 1 N–H and O–H groups in total. The van der Waals surface area contributed by atoms with Gasteiger partial charge in [-0.05, 0) is 18.8 Å². The topological polar surface area (TPSA) is 37.3 Å². The largest absolute Gasteiger partial charge is 0.478 e. The number of allylic oxidation sites excluding steroid dienone is 3. The van der Waals surface area contributed by atoms with Crippen molar-refractivity contribution in [2.45, 2.75) is 12.8 Å². The standard InChI is InChI=1S/C10H14O2/c1-3-5-9(6-4-2)7-8-10(11)12/h3-4,7-9H,1-2,5-6H2,(H,11,12)/b8-7+. The lowest BCUT2D eigenvalue weighted by Crippen LogP contribution is -1.95. The highest BCUT2D eigenvalue weighted by molar-refractivity contribution is 5.79. The van der Waals surface area contributed by atoms with Gasteiger partial charge in [0, 0.05) is 6.08 Å². The highest BCUT2D eigenvalue weighted by atomic mass is 16.4. The van der Waals surface area contributed by atoms with Crippen molar-refractivity contribution in [1.29, 1.82) is 0 Å². The van der Waals surface area contributed by atoms with Gasteiger partial charge in [0.15, 0.2) is 0 Å². The Bertz CT molecular complexity index is 182. The van der Waals surface area contributed by atoms with Gasteiger partial charge in [-0.15, -0.1) is 13.2 Å². The lowest BCUT2D eigenvalue weighted by atomic mass is 10.0. The van der Waals surface area contributed by atoms with Crippen LogP contribution < -0.4 is 0 Å². The van der Waals surface area contributed by atoms with Crippen LogP contribution in [0, 0.1) is 5.92 Å². The molecule has 0 radical (unpaired) electrons. The molecule has 2 heteroatoms. The van der Waals surface area contributed by atoms with Crippen LogP contribution in [-0.4, -0.2) is 11.1 Å². The SMILES string of the molecule is C=CCC(/C=C/C(=O)O)CC=C. The highest BCUT2D eigenvalue weighted by Crippen LogP contribution is 2.10. The summed E-state index contributed by atoms with van der Waals surface area (Å²) < 4.78 is 0. The molecule has 66 valence electrons. The Labute approximate surface area is 72.9 Å². The molecule has 0 amide bonds. The Morgan fingerprint density at radius 1 is 1.33 bits per heavy atom. The van der Waals surface area contributed by atoms with Crippen LogP contribution in [0.4, 0.5) is 0 Å². The second-order valence-corrected chi connectivity index (χ2v) is 2.51. The second kappa shape index (κ2) is 6.40. The molecule has 0 saturated carbocycles. The molecule has 0 fully saturated rings. The van der Waals surface area contributed by atoms with E-state index >= 15 is 0 Å². The van der Waals surface area contributed by atoms with E-state index in [1.807, 2.05) is 0 Å². The highest BCUT2D eigenvalue weighted by Gasteiger charge is 1.99. The molecule has 0 spiro atoms. The molecule has 0 aliphatic heterocycles. The summed E-state index contributed by atoms with van der Waals surface area (Å²) in [6.45, 7) is 7.19. The number of carboxylic acid groups (broad SMARTS) is 1. The van der Waals surface area contributed by atoms with E-state index in [0.29, 0.717) is 0 Å². The number of hydrogen-bond acceptors (Lipinski definition) is 1. The Hall–Kier alpha value is -1.31. The molecule has 0 atom stereocenters. The fourth-order valence-electron chi connectivity index (χ4n) is 0.900. The van der Waals surface area contributed by atoms with Crippen LogP contribution in [0.15, 0.2) is 37.5 Å². The van der Waals surface area contributed by atoms with Crippen molar-refractivity contribution in [2.24, 2.45) is 5.92 Å². The second-order valence-electron chi connectivity index (χ2n) is 2.51. The summed E-state index contributed by atoms with van der Waals surface area (Å²) in [5.74, 6) is -0.691. The first kappa shape index (κ1) is 10.7. The van der Waals surface area contributed by atoms with Gasteiger partial charge in [-0.3, -0.25) is 0 Å². The van der Waals surface area contributed by atoms with Crippen LogP contribution in [-0.2, 0) is 4.79 Å².